The van der Waals surface area contributed by atoms with Crippen molar-refractivity contribution in [1.29, 1.82) is 0 Å². The minimum Gasteiger partial charge on any atom is -0.344 e. The van der Waals surface area contributed by atoms with E-state index in [4.69, 9.17) is 0 Å². The second-order valence-corrected chi connectivity index (χ2v) is 10.6. The summed E-state index contributed by atoms with van der Waals surface area (Å²) in [5.41, 5.74) is 2.53. The normalized spacial score (nSPS) is 19.2. The number of hydrogen-bond donors (Lipinski definition) is 0. The van der Waals surface area contributed by atoms with Crippen molar-refractivity contribution >= 4 is 43.3 Å². The highest BCUT2D eigenvalue weighted by Crippen LogP contribution is 2.30. The summed E-state index contributed by atoms with van der Waals surface area (Å²) >= 11 is 4.94. The van der Waals surface area contributed by atoms with E-state index in [2.05, 4.69) is 15.9 Å². The Kier molecular flexibility index (Phi) is 5.46. The van der Waals surface area contributed by atoms with Crippen LogP contribution in [0.3, 0.4) is 0 Å². The van der Waals surface area contributed by atoms with Gasteiger partial charge in [0.05, 0.1) is 17.3 Å². The van der Waals surface area contributed by atoms with Crippen LogP contribution in [0.15, 0.2) is 39.7 Å². The Hall–Kier alpha value is -1.05. The van der Waals surface area contributed by atoms with Gasteiger partial charge < -0.3 is 4.57 Å². The van der Waals surface area contributed by atoms with Gasteiger partial charge in [-0.2, -0.15) is 0 Å². The maximum absolute atomic E-state index is 12.7. The van der Waals surface area contributed by atoms with Crippen LogP contribution < -0.4 is 0 Å². The first-order valence-electron chi connectivity index (χ1n) is 8.07. The number of sulfone groups is 1. The van der Waals surface area contributed by atoms with Gasteiger partial charge in [-0.15, -0.1) is 11.8 Å². The van der Waals surface area contributed by atoms with Crippen LogP contribution in [0, 0.1) is 13.8 Å². The van der Waals surface area contributed by atoms with Crippen molar-refractivity contribution in [3.63, 3.8) is 0 Å². The van der Waals surface area contributed by atoms with E-state index >= 15 is 0 Å². The molecule has 0 N–H and O–H groups in total. The van der Waals surface area contributed by atoms with Crippen LogP contribution in [0.2, 0.25) is 0 Å². The van der Waals surface area contributed by atoms with Gasteiger partial charge in [0.1, 0.15) is 0 Å². The quantitative estimate of drug-likeness (QED) is 0.515. The van der Waals surface area contributed by atoms with Gasteiger partial charge in [0.25, 0.3) is 0 Å². The molecule has 7 heteroatoms. The number of ketones is 1. The smallest absolute Gasteiger partial charge is 0.174 e. The number of Topliss-reactive ketones (excluding diaryl/α,β-unsaturated/α-hetero) is 1. The molecule has 3 rings (SSSR count). The Morgan fingerprint density at radius 3 is 2.72 bits per heavy atom. The van der Waals surface area contributed by atoms with Crippen molar-refractivity contribution in [3.8, 4) is 0 Å². The monoisotopic (exact) mass is 441 g/mol. The zero-order valence-electron chi connectivity index (χ0n) is 14.2. The molecular weight excluding hydrogens is 422 g/mol. The fraction of sp³-hybridized carbons (Fsp3) is 0.389. The molecule has 4 nitrogen and oxygen atoms in total. The predicted molar refractivity (Wildman–Crippen MR) is 105 cm³/mol. The molecule has 25 heavy (non-hydrogen) atoms. The van der Waals surface area contributed by atoms with Crippen LogP contribution in [0.25, 0.3) is 0 Å². The number of nitrogens with zero attached hydrogens (tertiary/aromatic N) is 1. The van der Waals surface area contributed by atoms with E-state index in [0.29, 0.717) is 17.7 Å². The van der Waals surface area contributed by atoms with E-state index in [1.807, 2.05) is 48.7 Å². The van der Waals surface area contributed by atoms with Gasteiger partial charge in [-0.05, 0) is 44.5 Å². The van der Waals surface area contributed by atoms with Crippen molar-refractivity contribution < 1.29 is 13.2 Å². The standard InChI is InChI=1S/C18H20BrNO3S2/c1-12-8-17(13(2)20(12)15-6-7-25(22,23)11-15)18(21)10-24-16-5-3-4-14(19)9-16/h3-5,8-9,15H,6-7,10-11H2,1-2H3. The van der Waals surface area contributed by atoms with Crippen LogP contribution in [0.4, 0.5) is 0 Å². The number of aromatic nitrogens is 1. The number of benzene rings is 1. The van der Waals surface area contributed by atoms with Gasteiger partial charge in [0.2, 0.25) is 0 Å². The summed E-state index contributed by atoms with van der Waals surface area (Å²) in [6.45, 7) is 3.85. The van der Waals surface area contributed by atoms with Gasteiger partial charge in [0.15, 0.2) is 15.6 Å². The Balaban J connectivity index is 1.76. The van der Waals surface area contributed by atoms with Crippen molar-refractivity contribution in [1.82, 2.24) is 4.57 Å². The molecule has 1 fully saturated rings. The lowest BCUT2D eigenvalue weighted by Gasteiger charge is -2.16. The summed E-state index contributed by atoms with van der Waals surface area (Å²) in [5.74, 6) is 0.842. The SMILES string of the molecule is Cc1cc(C(=O)CSc2cccc(Br)c2)c(C)n1C1CCS(=O)(=O)C1. The summed E-state index contributed by atoms with van der Waals surface area (Å²) < 4.78 is 26.6. The largest absolute Gasteiger partial charge is 0.344 e. The number of hydrogen-bond acceptors (Lipinski definition) is 4. The van der Waals surface area contributed by atoms with Gasteiger partial charge in [0, 0.05) is 32.4 Å². The zero-order valence-corrected chi connectivity index (χ0v) is 17.4. The van der Waals surface area contributed by atoms with Gasteiger partial charge in [-0.3, -0.25) is 4.79 Å². The van der Waals surface area contributed by atoms with Gasteiger partial charge in [-0.1, -0.05) is 22.0 Å². The molecule has 134 valence electrons. The van der Waals surface area contributed by atoms with Crippen molar-refractivity contribution in [2.45, 2.75) is 31.2 Å². The first-order valence-corrected chi connectivity index (χ1v) is 11.7. The molecule has 1 aliphatic rings. The molecule has 1 aliphatic heterocycles. The summed E-state index contributed by atoms with van der Waals surface area (Å²) in [6.07, 6.45) is 0.624. The molecule has 1 saturated heterocycles. The molecule has 1 aromatic carbocycles. The first kappa shape index (κ1) is 18.7. The van der Waals surface area contributed by atoms with E-state index in [1.165, 1.54) is 11.8 Å². The zero-order chi connectivity index (χ0) is 18.2. The van der Waals surface area contributed by atoms with Gasteiger partial charge in [-0.25, -0.2) is 8.42 Å². The summed E-state index contributed by atoms with van der Waals surface area (Å²) in [6, 6.07) is 9.71. The Morgan fingerprint density at radius 2 is 2.08 bits per heavy atom. The molecule has 1 unspecified atom stereocenters. The molecule has 0 radical (unpaired) electrons. The molecule has 0 aliphatic carbocycles. The van der Waals surface area contributed by atoms with Crippen LogP contribution in [0.5, 0.6) is 0 Å². The van der Waals surface area contributed by atoms with E-state index in [-0.39, 0.29) is 23.3 Å². The van der Waals surface area contributed by atoms with Crippen LogP contribution in [-0.2, 0) is 9.84 Å². The molecule has 0 spiro atoms. The lowest BCUT2D eigenvalue weighted by Crippen LogP contribution is -2.14. The summed E-state index contributed by atoms with van der Waals surface area (Å²) in [7, 11) is -2.95. The fourth-order valence-electron chi connectivity index (χ4n) is 3.38. The molecular formula is C18H20BrNO3S2. The Labute approximate surface area is 161 Å². The van der Waals surface area contributed by atoms with E-state index < -0.39 is 9.84 Å². The first-order chi connectivity index (χ1) is 11.8. The Morgan fingerprint density at radius 1 is 1.32 bits per heavy atom. The maximum atomic E-state index is 12.7. The second-order valence-electron chi connectivity index (χ2n) is 6.38. The summed E-state index contributed by atoms with van der Waals surface area (Å²) in [5, 5.41) is 0. The molecule has 0 amide bonds. The third-order valence-electron chi connectivity index (χ3n) is 4.52. The highest BCUT2D eigenvalue weighted by molar-refractivity contribution is 9.10. The minimum absolute atomic E-state index is 0.0516. The van der Waals surface area contributed by atoms with Gasteiger partial charge >= 0.3 is 0 Å². The lowest BCUT2D eigenvalue weighted by atomic mass is 10.2. The average molecular weight is 442 g/mol. The van der Waals surface area contributed by atoms with E-state index in [0.717, 1.165) is 20.8 Å². The Bertz CT molecular complexity index is 918. The number of aryl methyl sites for hydroxylation is 1. The lowest BCUT2D eigenvalue weighted by molar-refractivity contribution is 0.102. The van der Waals surface area contributed by atoms with Crippen molar-refractivity contribution in [2.75, 3.05) is 17.3 Å². The molecule has 1 atom stereocenters. The maximum Gasteiger partial charge on any atom is 0.174 e. The number of carbonyl (C=O) groups excluding carboxylic acids is 1. The average Bonchev–Trinajstić information content (AvgIpc) is 3.04. The molecule has 2 heterocycles. The van der Waals surface area contributed by atoms with E-state index in [9.17, 15) is 13.2 Å². The third-order valence-corrected chi connectivity index (χ3v) is 7.76. The number of rotatable bonds is 5. The van der Waals surface area contributed by atoms with Crippen LogP contribution in [0.1, 0.15) is 34.2 Å². The third kappa shape index (κ3) is 4.20. The van der Waals surface area contributed by atoms with Crippen molar-refractivity contribution in [3.05, 3.63) is 51.8 Å². The number of thioether (sulfide) groups is 1. The molecule has 2 aromatic rings. The fourth-order valence-corrected chi connectivity index (χ4v) is 6.47. The molecule has 1 aromatic heterocycles. The second kappa shape index (κ2) is 7.29. The highest BCUT2D eigenvalue weighted by Gasteiger charge is 2.31. The number of halogens is 1. The van der Waals surface area contributed by atoms with E-state index in [1.54, 1.807) is 0 Å². The highest BCUT2D eigenvalue weighted by atomic mass is 79.9. The molecule has 0 saturated carbocycles. The minimum atomic E-state index is -2.95. The van der Waals surface area contributed by atoms with Crippen LogP contribution >= 0.6 is 27.7 Å². The molecule has 0 bridgehead atoms. The number of carbonyl (C=O) groups is 1. The van der Waals surface area contributed by atoms with Crippen molar-refractivity contribution in [2.24, 2.45) is 0 Å². The summed E-state index contributed by atoms with van der Waals surface area (Å²) in [4.78, 5) is 13.7. The predicted octanol–water partition coefficient (Wildman–Crippen LogP) is 4.20. The topological polar surface area (TPSA) is 56.1 Å². The van der Waals surface area contributed by atoms with Crippen LogP contribution in [-0.4, -0.2) is 36.0 Å².